The molecular weight excluding hydrogens is 188 g/mol. The minimum Gasteiger partial charge on any atom is -0.389 e. The largest absolute Gasteiger partial charge is 0.389 e. The Morgan fingerprint density at radius 1 is 1.21 bits per heavy atom. The average molecular weight is 202 g/mol. The number of nitrogens with one attached hydrogen (secondary N) is 1. The normalized spacial score (nSPS) is 57.6. The number of ether oxygens (including phenoxy) is 1. The van der Waals surface area contributed by atoms with Crippen LogP contribution >= 0.6 is 0 Å². The second kappa shape index (κ2) is 2.88. The molecule has 0 bridgehead atoms. The van der Waals surface area contributed by atoms with Gasteiger partial charge in [0.25, 0.3) is 0 Å². The van der Waals surface area contributed by atoms with Crippen molar-refractivity contribution < 1.29 is 20.1 Å². The molecule has 0 saturated carbocycles. The molecule has 3 rings (SSSR count). The van der Waals surface area contributed by atoms with Crippen molar-refractivity contribution in [3.05, 3.63) is 0 Å². The van der Waals surface area contributed by atoms with Crippen LogP contribution in [0.25, 0.3) is 0 Å². The van der Waals surface area contributed by atoms with Crippen molar-refractivity contribution in [1.82, 2.24) is 10.2 Å². The number of aliphatic hydroxyl groups is 3. The zero-order valence-electron chi connectivity index (χ0n) is 7.58. The van der Waals surface area contributed by atoms with Crippen molar-refractivity contribution in [1.29, 1.82) is 0 Å². The number of nitrogens with zero attached hydrogens (tertiary/aromatic N) is 1. The molecule has 6 nitrogen and oxygen atoms in total. The minimum absolute atomic E-state index is 0.0678. The van der Waals surface area contributed by atoms with Crippen LogP contribution in [0.2, 0.25) is 0 Å². The van der Waals surface area contributed by atoms with Crippen LogP contribution in [0, 0.1) is 0 Å². The molecule has 80 valence electrons. The van der Waals surface area contributed by atoms with Crippen molar-refractivity contribution in [3.63, 3.8) is 0 Å². The third-order valence-electron chi connectivity index (χ3n) is 3.29. The molecule has 0 amide bonds. The van der Waals surface area contributed by atoms with E-state index in [0.29, 0.717) is 13.1 Å². The molecule has 0 aliphatic carbocycles. The van der Waals surface area contributed by atoms with Gasteiger partial charge in [-0.25, -0.2) is 0 Å². The van der Waals surface area contributed by atoms with Crippen molar-refractivity contribution in [2.45, 2.75) is 36.8 Å². The zero-order valence-corrected chi connectivity index (χ0v) is 7.58. The number of hydrogen-bond acceptors (Lipinski definition) is 6. The number of fused-ring (bicyclic) bond motifs is 3. The van der Waals surface area contributed by atoms with Gasteiger partial charge in [0, 0.05) is 13.1 Å². The van der Waals surface area contributed by atoms with Crippen LogP contribution in [0.3, 0.4) is 0 Å². The Labute approximate surface area is 81.1 Å². The first-order valence-corrected chi connectivity index (χ1v) is 4.87. The van der Waals surface area contributed by atoms with Gasteiger partial charge < -0.3 is 20.1 Å². The highest BCUT2D eigenvalue weighted by atomic mass is 16.6. The number of rotatable bonds is 0. The molecule has 0 radical (unpaired) electrons. The molecule has 0 aromatic rings. The lowest BCUT2D eigenvalue weighted by atomic mass is 10.2. The zero-order chi connectivity index (χ0) is 9.87. The number of aliphatic hydroxyl groups excluding tert-OH is 3. The second-order valence-electron chi connectivity index (χ2n) is 4.17. The Morgan fingerprint density at radius 2 is 2.00 bits per heavy atom. The topological polar surface area (TPSA) is 85.2 Å². The maximum atomic E-state index is 9.58. The molecule has 3 fully saturated rings. The summed E-state index contributed by atoms with van der Waals surface area (Å²) < 4.78 is 5.51. The van der Waals surface area contributed by atoms with Crippen LogP contribution in [-0.4, -0.2) is 70.1 Å². The van der Waals surface area contributed by atoms with Crippen LogP contribution in [0.15, 0.2) is 0 Å². The molecule has 3 aliphatic rings. The van der Waals surface area contributed by atoms with E-state index in [1.54, 1.807) is 0 Å². The van der Waals surface area contributed by atoms with Crippen LogP contribution < -0.4 is 5.32 Å². The Kier molecular flexibility index (Phi) is 1.85. The summed E-state index contributed by atoms with van der Waals surface area (Å²) in [6.45, 7) is 0.900. The Hall–Kier alpha value is -0.240. The quantitative estimate of drug-likeness (QED) is 0.336. The van der Waals surface area contributed by atoms with Gasteiger partial charge in [0.05, 0.1) is 18.4 Å². The molecule has 0 aromatic carbocycles. The van der Waals surface area contributed by atoms with Crippen LogP contribution in [0.5, 0.6) is 0 Å². The van der Waals surface area contributed by atoms with Crippen molar-refractivity contribution in [3.8, 4) is 0 Å². The summed E-state index contributed by atoms with van der Waals surface area (Å²) in [6, 6.07) is 0. The molecule has 6 atom stereocenters. The SMILES string of the molecule is OC1CN2C3NCC(O)C3OC2C1O. The van der Waals surface area contributed by atoms with Gasteiger partial charge in [-0.1, -0.05) is 0 Å². The number of hydrogen-bond donors (Lipinski definition) is 4. The molecule has 0 aromatic heterocycles. The fourth-order valence-electron chi connectivity index (χ4n) is 2.56. The van der Waals surface area contributed by atoms with Gasteiger partial charge in [-0.2, -0.15) is 0 Å². The molecule has 3 heterocycles. The van der Waals surface area contributed by atoms with Gasteiger partial charge in [-0.05, 0) is 0 Å². The Morgan fingerprint density at radius 3 is 2.79 bits per heavy atom. The first-order chi connectivity index (χ1) is 6.68. The summed E-state index contributed by atoms with van der Waals surface area (Å²) in [5, 5.41) is 31.7. The Balaban J connectivity index is 1.82. The van der Waals surface area contributed by atoms with Crippen LogP contribution in [0.4, 0.5) is 0 Å². The summed E-state index contributed by atoms with van der Waals surface area (Å²) in [5.74, 6) is 0. The van der Waals surface area contributed by atoms with E-state index in [2.05, 4.69) is 5.32 Å². The van der Waals surface area contributed by atoms with E-state index in [0.717, 1.165) is 0 Å². The summed E-state index contributed by atoms with van der Waals surface area (Å²) in [4.78, 5) is 1.87. The molecule has 4 N–H and O–H groups in total. The predicted molar refractivity (Wildman–Crippen MR) is 45.2 cm³/mol. The average Bonchev–Trinajstić information content (AvgIpc) is 2.74. The Bertz CT molecular complexity index is 249. The molecule has 3 aliphatic heterocycles. The van der Waals surface area contributed by atoms with Gasteiger partial charge >= 0.3 is 0 Å². The lowest BCUT2D eigenvalue weighted by Gasteiger charge is -2.19. The smallest absolute Gasteiger partial charge is 0.141 e. The van der Waals surface area contributed by atoms with Crippen molar-refractivity contribution >= 4 is 0 Å². The molecule has 0 spiro atoms. The van der Waals surface area contributed by atoms with Crippen molar-refractivity contribution in [2.75, 3.05) is 13.1 Å². The van der Waals surface area contributed by atoms with Crippen molar-refractivity contribution in [2.24, 2.45) is 0 Å². The van der Waals surface area contributed by atoms with Gasteiger partial charge in [0.1, 0.15) is 18.4 Å². The maximum absolute atomic E-state index is 9.58. The first-order valence-electron chi connectivity index (χ1n) is 4.87. The van der Waals surface area contributed by atoms with E-state index in [4.69, 9.17) is 4.74 Å². The highest BCUT2D eigenvalue weighted by Crippen LogP contribution is 2.34. The predicted octanol–water partition coefficient (Wildman–Crippen LogP) is -2.96. The highest BCUT2D eigenvalue weighted by Gasteiger charge is 2.56. The van der Waals surface area contributed by atoms with E-state index < -0.39 is 24.5 Å². The summed E-state index contributed by atoms with van der Waals surface area (Å²) >= 11 is 0. The van der Waals surface area contributed by atoms with E-state index in [9.17, 15) is 15.3 Å². The molecule has 14 heavy (non-hydrogen) atoms. The fourth-order valence-corrected chi connectivity index (χ4v) is 2.56. The molecular formula is C8H14N2O4. The third-order valence-corrected chi connectivity index (χ3v) is 3.29. The lowest BCUT2D eigenvalue weighted by molar-refractivity contribution is -0.0931. The van der Waals surface area contributed by atoms with Gasteiger partial charge in [0.15, 0.2) is 0 Å². The van der Waals surface area contributed by atoms with Gasteiger partial charge in [0.2, 0.25) is 0 Å². The summed E-state index contributed by atoms with van der Waals surface area (Å²) in [7, 11) is 0. The fraction of sp³-hybridized carbons (Fsp3) is 1.00. The number of β-amino-alcohol motifs (C(OH)–C–C–N with tert-alkyl or cyclic N) is 1. The van der Waals surface area contributed by atoms with E-state index in [-0.39, 0.29) is 12.3 Å². The van der Waals surface area contributed by atoms with Gasteiger partial charge in [-0.15, -0.1) is 0 Å². The molecule has 6 unspecified atom stereocenters. The second-order valence-corrected chi connectivity index (χ2v) is 4.17. The van der Waals surface area contributed by atoms with Crippen LogP contribution in [-0.2, 0) is 4.74 Å². The standard InChI is InChI=1S/C8H14N2O4/c11-3-1-9-7-6(3)14-8-5(13)4(12)2-10(7)8/h3-9,11-13H,1-2H2. The summed E-state index contributed by atoms with van der Waals surface area (Å²) in [6.07, 6.45) is -2.95. The monoisotopic (exact) mass is 202 g/mol. The van der Waals surface area contributed by atoms with Gasteiger partial charge in [-0.3, -0.25) is 10.2 Å². The van der Waals surface area contributed by atoms with E-state index >= 15 is 0 Å². The first kappa shape index (κ1) is 9.02. The third kappa shape index (κ3) is 1.01. The van der Waals surface area contributed by atoms with Crippen LogP contribution in [0.1, 0.15) is 0 Å². The molecule has 3 saturated heterocycles. The summed E-state index contributed by atoms with van der Waals surface area (Å²) in [5.41, 5.74) is 0. The maximum Gasteiger partial charge on any atom is 0.141 e. The lowest BCUT2D eigenvalue weighted by Crippen LogP contribution is -2.43. The minimum atomic E-state index is -0.866. The molecule has 6 heteroatoms. The highest BCUT2D eigenvalue weighted by molar-refractivity contribution is 5.04. The van der Waals surface area contributed by atoms with E-state index in [1.165, 1.54) is 0 Å². The van der Waals surface area contributed by atoms with E-state index in [1.807, 2.05) is 4.90 Å².